The number of methoxy groups -OCH3 is 1. The van der Waals surface area contributed by atoms with E-state index in [-0.39, 0.29) is 17.6 Å². The number of rotatable bonds is 6. The standard InChI is InChI=1S/C19H21NO4S/c1-12(21)18-6-13(11-25-18)7-19(22)20-9-14-5-15-3-4-16(23-2)8-17(15)24-10-14/h3-4,6,8,11,14H,5,7,9-10H2,1-2H3,(H,20,22). The molecule has 5 nitrogen and oxygen atoms in total. The van der Waals surface area contributed by atoms with Crippen LogP contribution >= 0.6 is 11.3 Å². The zero-order valence-corrected chi connectivity index (χ0v) is 15.2. The third-order valence-electron chi connectivity index (χ3n) is 4.21. The van der Waals surface area contributed by atoms with Gasteiger partial charge in [0.2, 0.25) is 5.91 Å². The summed E-state index contributed by atoms with van der Waals surface area (Å²) < 4.78 is 11.0. The lowest BCUT2D eigenvalue weighted by molar-refractivity contribution is -0.120. The second-order valence-electron chi connectivity index (χ2n) is 6.21. The molecule has 1 atom stereocenters. The Labute approximate surface area is 151 Å². The molecule has 1 N–H and O–H groups in total. The van der Waals surface area contributed by atoms with Gasteiger partial charge in [0.05, 0.1) is 25.0 Å². The highest BCUT2D eigenvalue weighted by Gasteiger charge is 2.21. The van der Waals surface area contributed by atoms with E-state index in [0.717, 1.165) is 29.0 Å². The van der Waals surface area contributed by atoms with Gasteiger partial charge in [-0.25, -0.2) is 0 Å². The molecule has 0 aliphatic carbocycles. The van der Waals surface area contributed by atoms with Crippen molar-refractivity contribution < 1.29 is 19.1 Å². The SMILES string of the molecule is COc1ccc2c(c1)OCC(CNC(=O)Cc1csc(C(C)=O)c1)C2. The second-order valence-corrected chi connectivity index (χ2v) is 7.12. The van der Waals surface area contributed by atoms with Crippen molar-refractivity contribution in [2.24, 2.45) is 5.92 Å². The Hall–Kier alpha value is -2.34. The minimum atomic E-state index is -0.0339. The number of Topliss-reactive ketones (excluding diaryl/α,β-unsaturated/α-hetero) is 1. The van der Waals surface area contributed by atoms with Crippen LogP contribution in [0.3, 0.4) is 0 Å². The molecule has 2 heterocycles. The van der Waals surface area contributed by atoms with E-state index in [2.05, 4.69) is 5.32 Å². The summed E-state index contributed by atoms with van der Waals surface area (Å²) in [5.41, 5.74) is 2.01. The van der Waals surface area contributed by atoms with Crippen molar-refractivity contribution in [3.63, 3.8) is 0 Å². The van der Waals surface area contributed by atoms with Crippen molar-refractivity contribution >= 4 is 23.0 Å². The first-order valence-electron chi connectivity index (χ1n) is 8.20. The van der Waals surface area contributed by atoms with E-state index < -0.39 is 0 Å². The van der Waals surface area contributed by atoms with Crippen molar-refractivity contribution in [1.82, 2.24) is 5.32 Å². The van der Waals surface area contributed by atoms with Gasteiger partial charge in [0.1, 0.15) is 11.5 Å². The van der Waals surface area contributed by atoms with Gasteiger partial charge in [0, 0.05) is 18.5 Å². The maximum atomic E-state index is 12.1. The molecule has 1 aliphatic rings. The third kappa shape index (κ3) is 4.39. The predicted octanol–water partition coefficient (Wildman–Crippen LogP) is 2.87. The van der Waals surface area contributed by atoms with E-state index >= 15 is 0 Å². The molecule has 25 heavy (non-hydrogen) atoms. The van der Waals surface area contributed by atoms with Gasteiger partial charge in [0.25, 0.3) is 0 Å². The van der Waals surface area contributed by atoms with Gasteiger partial charge in [-0.15, -0.1) is 11.3 Å². The topological polar surface area (TPSA) is 64.6 Å². The zero-order valence-electron chi connectivity index (χ0n) is 14.3. The summed E-state index contributed by atoms with van der Waals surface area (Å²) in [4.78, 5) is 24.1. The molecule has 0 fully saturated rings. The normalized spacial score (nSPS) is 15.8. The van der Waals surface area contributed by atoms with Crippen molar-refractivity contribution in [2.75, 3.05) is 20.3 Å². The van der Waals surface area contributed by atoms with Gasteiger partial charge in [0.15, 0.2) is 5.78 Å². The van der Waals surface area contributed by atoms with Crippen LogP contribution in [0.25, 0.3) is 0 Å². The molecular weight excluding hydrogens is 338 g/mol. The highest BCUT2D eigenvalue weighted by atomic mass is 32.1. The number of nitrogens with one attached hydrogen (secondary N) is 1. The molecule has 1 amide bonds. The maximum absolute atomic E-state index is 12.1. The summed E-state index contributed by atoms with van der Waals surface area (Å²) in [6.45, 7) is 2.69. The number of carbonyl (C=O) groups excluding carboxylic acids is 2. The number of ketones is 1. The van der Waals surface area contributed by atoms with Gasteiger partial charge < -0.3 is 14.8 Å². The van der Waals surface area contributed by atoms with Crippen molar-refractivity contribution in [3.8, 4) is 11.5 Å². The van der Waals surface area contributed by atoms with Gasteiger partial charge >= 0.3 is 0 Å². The Balaban J connectivity index is 1.50. The number of hydrogen-bond acceptors (Lipinski definition) is 5. The summed E-state index contributed by atoms with van der Waals surface area (Å²) in [5, 5.41) is 4.83. The van der Waals surface area contributed by atoms with Crippen LogP contribution in [0.5, 0.6) is 11.5 Å². The Bertz CT molecular complexity index is 783. The fourth-order valence-corrected chi connectivity index (χ4v) is 3.65. The Morgan fingerprint density at radius 3 is 2.92 bits per heavy atom. The molecule has 1 aromatic carbocycles. The van der Waals surface area contributed by atoms with Crippen LogP contribution in [0.15, 0.2) is 29.6 Å². The Morgan fingerprint density at radius 1 is 1.36 bits per heavy atom. The van der Waals surface area contributed by atoms with E-state index in [1.165, 1.54) is 18.3 Å². The molecule has 1 aliphatic heterocycles. The van der Waals surface area contributed by atoms with Crippen molar-refractivity contribution in [3.05, 3.63) is 45.6 Å². The lowest BCUT2D eigenvalue weighted by Crippen LogP contribution is -2.35. The first-order valence-corrected chi connectivity index (χ1v) is 9.08. The molecule has 2 aromatic rings. The highest BCUT2D eigenvalue weighted by molar-refractivity contribution is 7.12. The van der Waals surface area contributed by atoms with E-state index in [1.807, 2.05) is 23.6 Å². The average molecular weight is 359 g/mol. The van der Waals surface area contributed by atoms with Gasteiger partial charge in [-0.1, -0.05) is 6.07 Å². The number of ether oxygens (including phenoxy) is 2. The molecule has 132 valence electrons. The predicted molar refractivity (Wildman–Crippen MR) is 96.7 cm³/mol. The molecule has 0 saturated heterocycles. The summed E-state index contributed by atoms with van der Waals surface area (Å²) in [5.74, 6) is 1.89. The lowest BCUT2D eigenvalue weighted by atomic mass is 9.96. The second kappa shape index (κ2) is 7.70. The summed E-state index contributed by atoms with van der Waals surface area (Å²) in [6.07, 6.45) is 1.16. The van der Waals surface area contributed by atoms with Crippen LogP contribution in [0, 0.1) is 5.92 Å². The van der Waals surface area contributed by atoms with Crippen LogP contribution in [0.4, 0.5) is 0 Å². The minimum absolute atomic E-state index is 0.0336. The van der Waals surface area contributed by atoms with Crippen molar-refractivity contribution in [1.29, 1.82) is 0 Å². The highest BCUT2D eigenvalue weighted by Crippen LogP contribution is 2.30. The third-order valence-corrected chi connectivity index (χ3v) is 5.29. The Morgan fingerprint density at radius 2 is 2.20 bits per heavy atom. The van der Waals surface area contributed by atoms with Crippen LogP contribution in [-0.2, 0) is 17.6 Å². The average Bonchev–Trinajstić information content (AvgIpc) is 3.08. The summed E-state index contributed by atoms with van der Waals surface area (Å²) in [7, 11) is 1.63. The first kappa shape index (κ1) is 17.5. The van der Waals surface area contributed by atoms with Crippen LogP contribution < -0.4 is 14.8 Å². The molecule has 1 aromatic heterocycles. The van der Waals surface area contributed by atoms with E-state index in [4.69, 9.17) is 9.47 Å². The molecule has 6 heteroatoms. The number of hydrogen-bond donors (Lipinski definition) is 1. The van der Waals surface area contributed by atoms with Gasteiger partial charge in [-0.3, -0.25) is 9.59 Å². The lowest BCUT2D eigenvalue weighted by Gasteiger charge is -2.25. The van der Waals surface area contributed by atoms with Crippen molar-refractivity contribution in [2.45, 2.75) is 19.8 Å². The van der Waals surface area contributed by atoms with E-state index in [0.29, 0.717) is 24.4 Å². The largest absolute Gasteiger partial charge is 0.497 e. The smallest absolute Gasteiger partial charge is 0.224 e. The fourth-order valence-electron chi connectivity index (χ4n) is 2.83. The van der Waals surface area contributed by atoms with Crippen LogP contribution in [0.1, 0.15) is 27.7 Å². The molecule has 0 radical (unpaired) electrons. The van der Waals surface area contributed by atoms with Gasteiger partial charge in [-0.2, -0.15) is 0 Å². The number of benzene rings is 1. The summed E-state index contributed by atoms with van der Waals surface area (Å²) in [6, 6.07) is 7.62. The quantitative estimate of drug-likeness (QED) is 0.806. The van der Waals surface area contributed by atoms with E-state index in [9.17, 15) is 9.59 Å². The molecule has 0 spiro atoms. The molecular formula is C19H21NO4S. The van der Waals surface area contributed by atoms with Gasteiger partial charge in [-0.05, 0) is 42.0 Å². The number of thiophene rings is 1. The molecule has 0 saturated carbocycles. The van der Waals surface area contributed by atoms with Crippen LogP contribution in [-0.4, -0.2) is 32.0 Å². The first-order chi connectivity index (χ1) is 12.0. The summed E-state index contributed by atoms with van der Waals surface area (Å²) >= 11 is 1.38. The number of fused-ring (bicyclic) bond motifs is 1. The fraction of sp³-hybridized carbons (Fsp3) is 0.368. The molecule has 3 rings (SSSR count). The minimum Gasteiger partial charge on any atom is -0.497 e. The zero-order chi connectivity index (χ0) is 17.8. The van der Waals surface area contributed by atoms with E-state index in [1.54, 1.807) is 13.2 Å². The maximum Gasteiger partial charge on any atom is 0.224 e. The monoisotopic (exact) mass is 359 g/mol. The molecule has 0 bridgehead atoms. The Kier molecular flexibility index (Phi) is 5.38. The molecule has 1 unspecified atom stereocenters. The number of carbonyl (C=O) groups is 2. The number of amides is 1. The van der Waals surface area contributed by atoms with Crippen LogP contribution in [0.2, 0.25) is 0 Å².